The molecule has 1 N–H and O–H groups in total. The molecule has 1 aromatic rings. The second-order valence-corrected chi connectivity index (χ2v) is 6.79. The summed E-state index contributed by atoms with van der Waals surface area (Å²) in [4.78, 5) is 0.646. The molecule has 0 saturated heterocycles. The third kappa shape index (κ3) is 3.74. The van der Waals surface area contributed by atoms with Gasteiger partial charge >= 0.3 is 0 Å². The summed E-state index contributed by atoms with van der Waals surface area (Å²) in [6.07, 6.45) is 7.77. The molecular formula is C16H23BrO. The number of alkyl halides is 1. The molecule has 0 radical (unpaired) electrons. The number of benzene rings is 1. The predicted octanol–water partition coefficient (Wildman–Crippen LogP) is 4.91. The Labute approximate surface area is 119 Å². The maximum absolute atomic E-state index is 9.53. The smallest absolute Gasteiger partial charge is 0.115 e. The summed E-state index contributed by atoms with van der Waals surface area (Å²) in [5.74, 6) is 2.02. The second kappa shape index (κ2) is 6.60. The molecular weight excluding hydrogens is 288 g/mol. The molecule has 3 atom stereocenters. The SMILES string of the molecule is CCCC1CCC(Br)C(Cc2cccc(O)c2)C1. The average molecular weight is 311 g/mol. The van der Waals surface area contributed by atoms with Crippen molar-refractivity contribution in [3.8, 4) is 5.75 Å². The van der Waals surface area contributed by atoms with Crippen LogP contribution < -0.4 is 0 Å². The Kier molecular flexibility index (Phi) is 5.11. The third-order valence-electron chi connectivity index (χ3n) is 4.10. The first-order chi connectivity index (χ1) is 8.69. The van der Waals surface area contributed by atoms with Gasteiger partial charge in [0, 0.05) is 4.83 Å². The molecule has 1 aliphatic carbocycles. The topological polar surface area (TPSA) is 20.2 Å². The zero-order valence-electron chi connectivity index (χ0n) is 11.1. The van der Waals surface area contributed by atoms with Gasteiger partial charge in [-0.25, -0.2) is 0 Å². The number of aromatic hydroxyl groups is 1. The zero-order valence-corrected chi connectivity index (χ0v) is 12.7. The van der Waals surface area contributed by atoms with Crippen LogP contribution in [0.5, 0.6) is 5.75 Å². The van der Waals surface area contributed by atoms with Gasteiger partial charge in [0.2, 0.25) is 0 Å². The average Bonchev–Trinajstić information content (AvgIpc) is 2.34. The zero-order chi connectivity index (χ0) is 13.0. The minimum atomic E-state index is 0.388. The van der Waals surface area contributed by atoms with E-state index in [1.807, 2.05) is 12.1 Å². The van der Waals surface area contributed by atoms with E-state index in [4.69, 9.17) is 0 Å². The van der Waals surface area contributed by atoms with Gasteiger partial charge < -0.3 is 5.11 Å². The second-order valence-electron chi connectivity index (χ2n) is 5.62. The van der Waals surface area contributed by atoms with E-state index >= 15 is 0 Å². The maximum atomic E-state index is 9.53. The van der Waals surface area contributed by atoms with Crippen LogP contribution in [0.15, 0.2) is 24.3 Å². The maximum Gasteiger partial charge on any atom is 0.115 e. The van der Waals surface area contributed by atoms with E-state index in [2.05, 4.69) is 28.9 Å². The highest BCUT2D eigenvalue weighted by Crippen LogP contribution is 2.37. The molecule has 0 amide bonds. The Morgan fingerprint density at radius 1 is 1.33 bits per heavy atom. The van der Waals surface area contributed by atoms with Crippen molar-refractivity contribution in [1.82, 2.24) is 0 Å². The van der Waals surface area contributed by atoms with Gasteiger partial charge in [-0.05, 0) is 55.2 Å². The molecule has 1 aromatic carbocycles. The van der Waals surface area contributed by atoms with Crippen LogP contribution in [0.3, 0.4) is 0 Å². The van der Waals surface area contributed by atoms with Crippen molar-refractivity contribution in [2.24, 2.45) is 11.8 Å². The standard InChI is InChI=1S/C16H23BrO/c1-2-4-12-7-8-16(17)14(9-12)10-13-5-3-6-15(18)11-13/h3,5-6,11-12,14,16,18H,2,4,7-10H2,1H3. The predicted molar refractivity (Wildman–Crippen MR) is 80.3 cm³/mol. The summed E-state index contributed by atoms with van der Waals surface area (Å²) < 4.78 is 0. The Morgan fingerprint density at radius 3 is 2.89 bits per heavy atom. The van der Waals surface area contributed by atoms with Gasteiger partial charge in [-0.1, -0.05) is 47.8 Å². The molecule has 100 valence electrons. The van der Waals surface area contributed by atoms with Crippen LogP contribution >= 0.6 is 15.9 Å². The molecule has 0 spiro atoms. The van der Waals surface area contributed by atoms with E-state index in [1.165, 1.54) is 37.7 Å². The van der Waals surface area contributed by atoms with Crippen LogP contribution in [0, 0.1) is 11.8 Å². The summed E-state index contributed by atoms with van der Waals surface area (Å²) in [5, 5.41) is 9.53. The molecule has 3 unspecified atom stereocenters. The normalized spacial score (nSPS) is 28.2. The van der Waals surface area contributed by atoms with Crippen molar-refractivity contribution < 1.29 is 5.11 Å². The minimum Gasteiger partial charge on any atom is -0.508 e. The first kappa shape index (κ1) is 13.9. The van der Waals surface area contributed by atoms with Crippen molar-refractivity contribution in [3.63, 3.8) is 0 Å². The summed E-state index contributed by atoms with van der Waals surface area (Å²) in [7, 11) is 0. The largest absolute Gasteiger partial charge is 0.508 e. The number of halogens is 1. The molecule has 0 bridgehead atoms. The van der Waals surface area contributed by atoms with E-state index in [0.717, 1.165) is 18.3 Å². The third-order valence-corrected chi connectivity index (χ3v) is 5.31. The molecule has 1 fully saturated rings. The molecule has 0 heterocycles. The van der Waals surface area contributed by atoms with E-state index in [0.29, 0.717) is 10.6 Å². The van der Waals surface area contributed by atoms with Crippen LogP contribution in [-0.2, 0) is 6.42 Å². The lowest BCUT2D eigenvalue weighted by molar-refractivity contribution is 0.263. The van der Waals surface area contributed by atoms with Gasteiger partial charge in [0.05, 0.1) is 0 Å². The van der Waals surface area contributed by atoms with Crippen LogP contribution in [0.4, 0.5) is 0 Å². The van der Waals surface area contributed by atoms with Crippen LogP contribution in [0.1, 0.15) is 44.6 Å². The Bertz CT molecular complexity index is 377. The first-order valence-corrected chi connectivity index (χ1v) is 8.02. The van der Waals surface area contributed by atoms with E-state index < -0.39 is 0 Å². The Hall–Kier alpha value is -0.500. The highest BCUT2D eigenvalue weighted by Gasteiger charge is 2.28. The van der Waals surface area contributed by atoms with Crippen LogP contribution in [-0.4, -0.2) is 9.93 Å². The van der Waals surface area contributed by atoms with E-state index in [1.54, 1.807) is 6.07 Å². The van der Waals surface area contributed by atoms with Crippen molar-refractivity contribution in [3.05, 3.63) is 29.8 Å². The lowest BCUT2D eigenvalue weighted by Crippen LogP contribution is -2.26. The monoisotopic (exact) mass is 310 g/mol. The van der Waals surface area contributed by atoms with Gasteiger partial charge in [-0.15, -0.1) is 0 Å². The molecule has 1 nitrogen and oxygen atoms in total. The highest BCUT2D eigenvalue weighted by atomic mass is 79.9. The van der Waals surface area contributed by atoms with Crippen LogP contribution in [0.2, 0.25) is 0 Å². The van der Waals surface area contributed by atoms with Crippen molar-refractivity contribution in [2.75, 3.05) is 0 Å². The van der Waals surface area contributed by atoms with E-state index in [-0.39, 0.29) is 0 Å². The van der Waals surface area contributed by atoms with Crippen molar-refractivity contribution in [2.45, 2.75) is 50.3 Å². The molecule has 1 aliphatic rings. The lowest BCUT2D eigenvalue weighted by Gasteiger charge is -2.33. The van der Waals surface area contributed by atoms with E-state index in [9.17, 15) is 5.11 Å². The Balaban J connectivity index is 1.98. The molecule has 0 aliphatic heterocycles. The number of phenolic OH excluding ortho intramolecular Hbond substituents is 1. The minimum absolute atomic E-state index is 0.388. The van der Waals surface area contributed by atoms with Gasteiger partial charge in [0.15, 0.2) is 0 Å². The number of rotatable bonds is 4. The van der Waals surface area contributed by atoms with Gasteiger partial charge in [0.1, 0.15) is 5.75 Å². The lowest BCUT2D eigenvalue weighted by atomic mass is 9.77. The highest BCUT2D eigenvalue weighted by molar-refractivity contribution is 9.09. The summed E-state index contributed by atoms with van der Waals surface area (Å²) >= 11 is 3.85. The van der Waals surface area contributed by atoms with Gasteiger partial charge in [-0.2, -0.15) is 0 Å². The summed E-state index contributed by atoms with van der Waals surface area (Å²) in [6, 6.07) is 7.72. The molecule has 2 heteroatoms. The van der Waals surface area contributed by atoms with Crippen molar-refractivity contribution >= 4 is 15.9 Å². The Morgan fingerprint density at radius 2 is 2.17 bits per heavy atom. The van der Waals surface area contributed by atoms with Crippen LogP contribution in [0.25, 0.3) is 0 Å². The number of hydrogen-bond donors (Lipinski definition) is 1. The molecule has 2 rings (SSSR count). The molecule has 18 heavy (non-hydrogen) atoms. The van der Waals surface area contributed by atoms with Gasteiger partial charge in [-0.3, -0.25) is 0 Å². The fraction of sp³-hybridized carbons (Fsp3) is 0.625. The molecule has 1 saturated carbocycles. The fourth-order valence-electron chi connectivity index (χ4n) is 3.19. The van der Waals surface area contributed by atoms with Gasteiger partial charge in [0.25, 0.3) is 0 Å². The summed E-state index contributed by atoms with van der Waals surface area (Å²) in [5.41, 5.74) is 1.27. The quantitative estimate of drug-likeness (QED) is 0.783. The molecule has 0 aromatic heterocycles. The summed E-state index contributed by atoms with van der Waals surface area (Å²) in [6.45, 7) is 2.28. The number of phenols is 1. The fourth-order valence-corrected chi connectivity index (χ4v) is 3.86. The number of hydrogen-bond acceptors (Lipinski definition) is 1. The first-order valence-electron chi connectivity index (χ1n) is 7.11. The van der Waals surface area contributed by atoms with Crippen molar-refractivity contribution in [1.29, 1.82) is 0 Å².